The Morgan fingerprint density at radius 2 is 1.81 bits per heavy atom. The lowest BCUT2D eigenvalue weighted by Crippen LogP contribution is -2.33. The lowest BCUT2D eigenvalue weighted by atomic mass is 10.1. The predicted octanol–water partition coefficient (Wildman–Crippen LogP) is 2.54. The van der Waals surface area contributed by atoms with E-state index in [4.69, 9.17) is 0 Å². The van der Waals surface area contributed by atoms with Crippen molar-refractivity contribution in [1.29, 1.82) is 0 Å². The second kappa shape index (κ2) is 9.57. The van der Waals surface area contributed by atoms with Gasteiger partial charge < -0.3 is 15.0 Å². The molecular formula is C24H23FN4O3. The molecule has 2 heterocycles. The summed E-state index contributed by atoms with van der Waals surface area (Å²) < 4.78 is 15.9. The van der Waals surface area contributed by atoms with E-state index in [9.17, 15) is 19.1 Å². The summed E-state index contributed by atoms with van der Waals surface area (Å²) in [6, 6.07) is 15.7. The van der Waals surface area contributed by atoms with Crippen molar-refractivity contribution in [3.8, 4) is 11.3 Å². The molecule has 4 rings (SSSR count). The number of amides is 1. The Kier molecular flexibility index (Phi) is 6.42. The second-order valence-electron chi connectivity index (χ2n) is 7.46. The van der Waals surface area contributed by atoms with Gasteiger partial charge in [0, 0.05) is 30.1 Å². The molecule has 0 saturated heterocycles. The van der Waals surface area contributed by atoms with E-state index >= 15 is 0 Å². The van der Waals surface area contributed by atoms with Crippen molar-refractivity contribution in [3.05, 3.63) is 94.3 Å². The van der Waals surface area contributed by atoms with Gasteiger partial charge in [-0.1, -0.05) is 30.3 Å². The number of halogens is 1. The van der Waals surface area contributed by atoms with Gasteiger partial charge in [-0.2, -0.15) is 5.10 Å². The van der Waals surface area contributed by atoms with Crippen LogP contribution in [0, 0.1) is 5.82 Å². The second-order valence-corrected chi connectivity index (χ2v) is 7.46. The Hall–Kier alpha value is -3.78. The minimum Gasteiger partial charge on any atom is -0.392 e. The molecule has 8 heteroatoms. The summed E-state index contributed by atoms with van der Waals surface area (Å²) in [6.07, 6.45) is 4.70. The molecule has 2 N–H and O–H groups in total. The quantitative estimate of drug-likeness (QED) is 0.417. The van der Waals surface area contributed by atoms with Gasteiger partial charge in [0.25, 0.3) is 5.56 Å². The Morgan fingerprint density at radius 3 is 2.53 bits per heavy atom. The molecule has 0 spiro atoms. The highest BCUT2D eigenvalue weighted by atomic mass is 19.1. The normalized spacial score (nSPS) is 11.1. The maximum absolute atomic E-state index is 13.3. The largest absolute Gasteiger partial charge is 0.392 e. The average Bonchev–Trinajstić information content (AvgIpc) is 3.19. The number of hydrogen-bond acceptors (Lipinski definition) is 4. The smallest absolute Gasteiger partial charge is 0.277 e. The number of aryl methyl sites for hydroxylation is 1. The molecule has 0 atom stereocenters. The number of benzene rings is 2. The zero-order valence-corrected chi connectivity index (χ0v) is 17.4. The molecule has 0 fully saturated rings. The van der Waals surface area contributed by atoms with Gasteiger partial charge in [0.15, 0.2) is 0 Å². The maximum atomic E-state index is 13.3. The number of hydrogen-bond donors (Lipinski definition) is 2. The average molecular weight is 434 g/mol. The summed E-state index contributed by atoms with van der Waals surface area (Å²) >= 11 is 0. The van der Waals surface area contributed by atoms with E-state index in [1.165, 1.54) is 45.1 Å². The van der Waals surface area contributed by atoms with Crippen LogP contribution >= 0.6 is 0 Å². The van der Waals surface area contributed by atoms with E-state index in [2.05, 4.69) is 10.4 Å². The lowest BCUT2D eigenvalue weighted by molar-refractivity contribution is -0.121. The van der Waals surface area contributed by atoms with Crippen LogP contribution in [-0.2, 0) is 24.4 Å². The number of aromatic nitrogens is 3. The van der Waals surface area contributed by atoms with Crippen LogP contribution in [0.4, 0.5) is 4.39 Å². The molecule has 1 amide bonds. The van der Waals surface area contributed by atoms with Crippen LogP contribution in [0.2, 0.25) is 0 Å². The lowest BCUT2D eigenvalue weighted by Gasteiger charge is -2.08. The van der Waals surface area contributed by atoms with Gasteiger partial charge in [0.05, 0.1) is 12.3 Å². The number of aliphatic hydroxyl groups excluding tert-OH is 1. The Morgan fingerprint density at radius 1 is 1.06 bits per heavy atom. The minimum atomic E-state index is -0.433. The van der Waals surface area contributed by atoms with Gasteiger partial charge in [-0.05, 0) is 42.7 Å². The van der Waals surface area contributed by atoms with Crippen molar-refractivity contribution in [2.24, 2.45) is 0 Å². The Balaban J connectivity index is 1.48. The van der Waals surface area contributed by atoms with E-state index in [1.807, 2.05) is 30.3 Å². The Bertz CT molecular complexity index is 1280. The third-order valence-electron chi connectivity index (χ3n) is 5.26. The molecular weight excluding hydrogens is 411 g/mol. The molecule has 2 aromatic carbocycles. The molecule has 7 nitrogen and oxygen atoms in total. The molecule has 0 unspecified atom stereocenters. The van der Waals surface area contributed by atoms with E-state index in [1.54, 1.807) is 6.20 Å². The fourth-order valence-corrected chi connectivity index (χ4v) is 3.64. The van der Waals surface area contributed by atoms with Crippen molar-refractivity contribution in [2.75, 3.05) is 6.54 Å². The summed E-state index contributed by atoms with van der Waals surface area (Å²) in [6.45, 7) is -0.0439. The first kappa shape index (κ1) is 21.5. The molecule has 164 valence electrons. The molecule has 32 heavy (non-hydrogen) atoms. The van der Waals surface area contributed by atoms with Crippen molar-refractivity contribution in [2.45, 2.75) is 26.0 Å². The topological polar surface area (TPSA) is 88.6 Å². The number of nitrogens with one attached hydrogen (secondary N) is 1. The molecule has 4 aromatic rings. The highest BCUT2D eigenvalue weighted by Crippen LogP contribution is 2.25. The van der Waals surface area contributed by atoms with Crippen LogP contribution in [0.5, 0.6) is 0 Å². The first-order chi connectivity index (χ1) is 15.6. The zero-order chi connectivity index (χ0) is 22.5. The summed E-state index contributed by atoms with van der Waals surface area (Å²) in [7, 11) is 0. The van der Waals surface area contributed by atoms with Gasteiger partial charge in [0.1, 0.15) is 17.9 Å². The van der Waals surface area contributed by atoms with Crippen molar-refractivity contribution in [3.63, 3.8) is 0 Å². The first-order valence-corrected chi connectivity index (χ1v) is 10.3. The van der Waals surface area contributed by atoms with Gasteiger partial charge in [0.2, 0.25) is 5.91 Å². The number of fused-ring (bicyclic) bond motifs is 1. The van der Waals surface area contributed by atoms with E-state index in [-0.39, 0.29) is 23.8 Å². The van der Waals surface area contributed by atoms with Gasteiger partial charge in [-0.25, -0.2) is 8.91 Å². The van der Waals surface area contributed by atoms with Gasteiger partial charge in [-0.3, -0.25) is 9.59 Å². The fourth-order valence-electron chi connectivity index (χ4n) is 3.64. The standard InChI is InChI=1S/C24H23FN4O3/c25-19-10-8-18(9-11-19)22-20(16-30)23-24(32)28(13-14-29(23)27-22)15-21(31)26-12-4-7-17-5-2-1-3-6-17/h1-3,5-6,8-11,13-14,30H,4,7,12,15-16H2,(H,26,31). The van der Waals surface area contributed by atoms with Crippen LogP contribution in [0.1, 0.15) is 17.5 Å². The minimum absolute atomic E-state index is 0.136. The summed E-state index contributed by atoms with van der Waals surface area (Å²) in [5.74, 6) is -0.659. The van der Waals surface area contributed by atoms with Crippen LogP contribution in [0.25, 0.3) is 16.8 Å². The molecule has 0 bridgehead atoms. The highest BCUT2D eigenvalue weighted by Gasteiger charge is 2.18. The third-order valence-corrected chi connectivity index (χ3v) is 5.26. The van der Waals surface area contributed by atoms with Crippen molar-refractivity contribution >= 4 is 11.4 Å². The van der Waals surface area contributed by atoms with Crippen LogP contribution in [-0.4, -0.2) is 31.7 Å². The molecule has 0 radical (unpaired) electrons. The monoisotopic (exact) mass is 434 g/mol. The number of rotatable bonds is 8. The van der Waals surface area contributed by atoms with E-state index in [0.717, 1.165) is 12.8 Å². The molecule has 0 aliphatic heterocycles. The van der Waals surface area contributed by atoms with Gasteiger partial charge in [-0.15, -0.1) is 0 Å². The summed E-state index contributed by atoms with van der Waals surface area (Å²) in [5.41, 5.74) is 2.27. The molecule has 0 aliphatic carbocycles. The number of carbonyl (C=O) groups excluding carboxylic acids is 1. The predicted molar refractivity (Wildman–Crippen MR) is 119 cm³/mol. The van der Waals surface area contributed by atoms with Crippen LogP contribution < -0.4 is 10.9 Å². The van der Waals surface area contributed by atoms with E-state index < -0.39 is 12.2 Å². The number of nitrogens with zero attached hydrogens (tertiary/aromatic N) is 3. The third kappa shape index (κ3) is 4.60. The number of carbonyl (C=O) groups is 1. The van der Waals surface area contributed by atoms with Gasteiger partial charge >= 0.3 is 0 Å². The number of aliphatic hydroxyl groups is 1. The fraction of sp³-hybridized carbons (Fsp3) is 0.208. The summed E-state index contributed by atoms with van der Waals surface area (Å²) in [5, 5.41) is 17.1. The zero-order valence-electron chi connectivity index (χ0n) is 17.4. The Labute approximate surface area is 183 Å². The van der Waals surface area contributed by atoms with Crippen molar-refractivity contribution in [1.82, 2.24) is 19.5 Å². The summed E-state index contributed by atoms with van der Waals surface area (Å²) in [4.78, 5) is 25.4. The SMILES string of the molecule is O=C(Cn1ccn2nc(-c3ccc(F)cc3)c(CO)c2c1=O)NCCCc1ccccc1. The van der Waals surface area contributed by atoms with Crippen molar-refractivity contribution < 1.29 is 14.3 Å². The molecule has 0 saturated carbocycles. The molecule has 2 aromatic heterocycles. The first-order valence-electron chi connectivity index (χ1n) is 10.3. The van der Waals surface area contributed by atoms with Crippen LogP contribution in [0.15, 0.2) is 71.8 Å². The highest BCUT2D eigenvalue weighted by molar-refractivity contribution is 5.76. The molecule has 0 aliphatic rings. The maximum Gasteiger partial charge on any atom is 0.277 e. The van der Waals surface area contributed by atoms with Crippen LogP contribution in [0.3, 0.4) is 0 Å². The van der Waals surface area contributed by atoms with E-state index in [0.29, 0.717) is 23.4 Å².